The van der Waals surface area contributed by atoms with Gasteiger partial charge in [0, 0.05) is 31.7 Å². The Morgan fingerprint density at radius 1 is 1.48 bits per heavy atom. The van der Waals surface area contributed by atoms with E-state index in [1.165, 1.54) is 17.7 Å². The third kappa shape index (κ3) is 4.71. The monoisotopic (exact) mass is 347 g/mol. The highest BCUT2D eigenvalue weighted by molar-refractivity contribution is 5.94. The van der Waals surface area contributed by atoms with E-state index in [1.807, 2.05) is 6.92 Å². The Hall–Kier alpha value is -2.57. The number of para-hydroxylation sites is 1. The highest BCUT2D eigenvalue weighted by atomic mass is 16.7. The molecule has 2 aliphatic rings. The van der Waals surface area contributed by atoms with Crippen LogP contribution in [0.5, 0.6) is 0 Å². The third-order valence-electron chi connectivity index (χ3n) is 4.35. The van der Waals surface area contributed by atoms with Gasteiger partial charge in [0.15, 0.2) is 0 Å². The third-order valence-corrected chi connectivity index (χ3v) is 4.35. The molecule has 3 rings (SSSR count). The summed E-state index contributed by atoms with van der Waals surface area (Å²) in [5.74, 6) is -0.0848. The maximum atomic E-state index is 12.3. The van der Waals surface area contributed by atoms with Gasteiger partial charge in [0.2, 0.25) is 5.60 Å². The van der Waals surface area contributed by atoms with E-state index in [-0.39, 0.29) is 12.4 Å². The van der Waals surface area contributed by atoms with Crippen molar-refractivity contribution in [3.05, 3.63) is 29.8 Å². The van der Waals surface area contributed by atoms with Gasteiger partial charge in [0.25, 0.3) is 12.4 Å². The van der Waals surface area contributed by atoms with Gasteiger partial charge in [0.05, 0.1) is 5.71 Å². The van der Waals surface area contributed by atoms with Crippen molar-refractivity contribution >= 4 is 23.8 Å². The van der Waals surface area contributed by atoms with E-state index in [2.05, 4.69) is 39.6 Å². The number of aryl methyl sites for hydroxylation is 1. The summed E-state index contributed by atoms with van der Waals surface area (Å²) in [5, 5.41) is 13.8. The number of hydrogen-bond acceptors (Lipinski definition) is 5. The number of nitrogens with one attached hydrogen (secondary N) is 1. The number of amides is 1. The van der Waals surface area contributed by atoms with Crippen LogP contribution in [0.1, 0.15) is 32.3 Å². The summed E-state index contributed by atoms with van der Waals surface area (Å²) in [4.78, 5) is 28.3. The summed E-state index contributed by atoms with van der Waals surface area (Å²) in [5.41, 5.74) is 2.72. The Kier molecular flexibility index (Phi) is 6.38. The average Bonchev–Trinajstić information content (AvgIpc) is 2.96. The first-order valence-electron chi connectivity index (χ1n) is 8.41. The van der Waals surface area contributed by atoms with Crippen molar-refractivity contribution in [3.8, 4) is 0 Å². The van der Waals surface area contributed by atoms with Crippen LogP contribution < -0.4 is 10.2 Å². The Bertz CT molecular complexity index is 647. The summed E-state index contributed by atoms with van der Waals surface area (Å²) in [6.45, 7) is 5.90. The largest absolute Gasteiger partial charge is 0.483 e. The number of rotatable bonds is 4. The molecule has 1 unspecified atom stereocenters. The molecule has 25 heavy (non-hydrogen) atoms. The number of hydrogen-bond donors (Lipinski definition) is 2. The fraction of sp³-hybridized carbons (Fsp3) is 0.500. The Morgan fingerprint density at radius 3 is 2.88 bits per heavy atom. The number of oxime groups is 1. The molecule has 0 spiro atoms. The number of carbonyl (C=O) groups excluding carboxylic acids is 1. The quantitative estimate of drug-likeness (QED) is 0.811. The van der Waals surface area contributed by atoms with Crippen LogP contribution in [0.4, 0.5) is 5.69 Å². The lowest BCUT2D eigenvalue weighted by Gasteiger charge is -2.31. The van der Waals surface area contributed by atoms with Crippen molar-refractivity contribution in [2.75, 3.05) is 24.5 Å². The lowest BCUT2D eigenvalue weighted by molar-refractivity contribution is -0.141. The van der Waals surface area contributed by atoms with Gasteiger partial charge in [-0.2, -0.15) is 0 Å². The van der Waals surface area contributed by atoms with Crippen molar-refractivity contribution < 1.29 is 19.5 Å². The lowest BCUT2D eigenvalue weighted by atomic mass is 9.99. The maximum absolute atomic E-state index is 12.3. The standard InChI is InChI=1S/C17H23N3O2.CH2O2/c1-13-12-17(2,22-19-13)16(21)18-9-11-20-10-5-7-14-6-3-4-8-15(14)20;2-1-3/h3-4,6,8H,5,7,9-12H2,1-2H3,(H,18,21);1H,(H,2,3). The molecule has 7 nitrogen and oxygen atoms in total. The fourth-order valence-electron chi connectivity index (χ4n) is 3.19. The molecule has 2 aliphatic heterocycles. The molecule has 136 valence electrons. The highest BCUT2D eigenvalue weighted by Crippen LogP contribution is 2.26. The molecule has 7 heteroatoms. The number of fused-ring (bicyclic) bond motifs is 1. The van der Waals surface area contributed by atoms with Crippen LogP contribution in [-0.2, 0) is 20.8 Å². The topological polar surface area (TPSA) is 91.2 Å². The average molecular weight is 347 g/mol. The second-order valence-electron chi connectivity index (χ2n) is 6.41. The zero-order valence-corrected chi connectivity index (χ0v) is 14.7. The van der Waals surface area contributed by atoms with Gasteiger partial charge in [0.1, 0.15) is 0 Å². The van der Waals surface area contributed by atoms with Crippen LogP contribution in [0.2, 0.25) is 0 Å². The smallest absolute Gasteiger partial charge is 0.290 e. The van der Waals surface area contributed by atoms with Crippen molar-refractivity contribution in [2.24, 2.45) is 5.16 Å². The minimum absolute atomic E-state index is 0.0848. The molecule has 0 saturated carbocycles. The molecule has 1 aromatic carbocycles. The molecule has 2 N–H and O–H groups in total. The maximum Gasteiger partial charge on any atom is 0.290 e. The summed E-state index contributed by atoms with van der Waals surface area (Å²) < 4.78 is 0. The Morgan fingerprint density at radius 2 is 2.20 bits per heavy atom. The van der Waals surface area contributed by atoms with Crippen molar-refractivity contribution in [1.82, 2.24) is 5.32 Å². The van der Waals surface area contributed by atoms with Gasteiger partial charge in [-0.3, -0.25) is 9.59 Å². The Labute approximate surface area is 147 Å². The second-order valence-corrected chi connectivity index (χ2v) is 6.41. The van der Waals surface area contributed by atoms with Crippen molar-refractivity contribution in [1.29, 1.82) is 0 Å². The van der Waals surface area contributed by atoms with Gasteiger partial charge in [-0.25, -0.2) is 0 Å². The molecule has 1 aromatic rings. The Balaban J connectivity index is 0.000000701. The number of benzene rings is 1. The van der Waals surface area contributed by atoms with Crippen molar-refractivity contribution in [2.45, 2.75) is 38.7 Å². The summed E-state index contributed by atoms with van der Waals surface area (Å²) in [7, 11) is 0. The molecule has 0 radical (unpaired) electrons. The van der Waals surface area contributed by atoms with Gasteiger partial charge < -0.3 is 20.2 Å². The highest BCUT2D eigenvalue weighted by Gasteiger charge is 2.40. The van der Waals surface area contributed by atoms with E-state index in [0.717, 1.165) is 25.2 Å². The summed E-state index contributed by atoms with van der Waals surface area (Å²) in [6, 6.07) is 8.51. The fourth-order valence-corrected chi connectivity index (χ4v) is 3.19. The predicted molar refractivity (Wildman–Crippen MR) is 95.9 cm³/mol. The predicted octanol–water partition coefficient (Wildman–Crippen LogP) is 1.81. The van der Waals surface area contributed by atoms with E-state index in [4.69, 9.17) is 14.7 Å². The molecule has 0 aliphatic carbocycles. The minimum atomic E-state index is -0.843. The zero-order chi connectivity index (χ0) is 18.3. The van der Waals surface area contributed by atoms with Crippen LogP contribution in [0.25, 0.3) is 0 Å². The second kappa shape index (κ2) is 8.50. The number of nitrogens with zero attached hydrogens (tertiary/aromatic N) is 2. The van der Waals surface area contributed by atoms with Crippen LogP contribution in [0.15, 0.2) is 29.4 Å². The van der Waals surface area contributed by atoms with E-state index in [0.29, 0.717) is 13.0 Å². The molecular weight excluding hydrogens is 322 g/mol. The molecule has 1 atom stereocenters. The van der Waals surface area contributed by atoms with Crippen LogP contribution in [0, 0.1) is 0 Å². The number of carbonyl (C=O) groups is 2. The van der Waals surface area contributed by atoms with Crippen LogP contribution in [0.3, 0.4) is 0 Å². The minimum Gasteiger partial charge on any atom is -0.483 e. The lowest BCUT2D eigenvalue weighted by Crippen LogP contribution is -2.47. The molecule has 1 amide bonds. The van der Waals surface area contributed by atoms with Gasteiger partial charge >= 0.3 is 0 Å². The first-order chi connectivity index (χ1) is 12.0. The van der Waals surface area contributed by atoms with E-state index in [9.17, 15) is 4.79 Å². The summed E-state index contributed by atoms with van der Waals surface area (Å²) in [6.07, 6.45) is 2.87. The molecule has 0 saturated heterocycles. The molecule has 0 fully saturated rings. The molecule has 2 heterocycles. The van der Waals surface area contributed by atoms with Crippen LogP contribution in [-0.4, -0.2) is 48.4 Å². The molecular formula is C18H25N3O4. The van der Waals surface area contributed by atoms with E-state index in [1.54, 1.807) is 6.92 Å². The van der Waals surface area contributed by atoms with Crippen LogP contribution >= 0.6 is 0 Å². The number of anilines is 1. The SMILES string of the molecule is CC1=NOC(C)(C(=O)NCCN2CCCc3ccccc32)C1.O=CO. The first-order valence-corrected chi connectivity index (χ1v) is 8.41. The van der Waals surface area contributed by atoms with E-state index >= 15 is 0 Å². The molecule has 0 aromatic heterocycles. The van der Waals surface area contributed by atoms with E-state index < -0.39 is 5.60 Å². The van der Waals surface area contributed by atoms with Gasteiger partial charge in [-0.05, 0) is 38.3 Å². The van der Waals surface area contributed by atoms with Gasteiger partial charge in [-0.15, -0.1) is 0 Å². The zero-order valence-electron chi connectivity index (χ0n) is 14.7. The van der Waals surface area contributed by atoms with Gasteiger partial charge in [-0.1, -0.05) is 23.4 Å². The first kappa shape index (κ1) is 18.8. The van der Waals surface area contributed by atoms with Crippen molar-refractivity contribution in [3.63, 3.8) is 0 Å². The molecule has 0 bridgehead atoms. The normalized spacial score (nSPS) is 21.2. The summed E-state index contributed by atoms with van der Waals surface area (Å²) >= 11 is 0. The number of carboxylic acid groups (broad SMARTS) is 1.